The van der Waals surface area contributed by atoms with Gasteiger partial charge in [0.05, 0.1) is 42.7 Å². The van der Waals surface area contributed by atoms with Gasteiger partial charge in [-0.2, -0.15) is 0 Å². The summed E-state index contributed by atoms with van der Waals surface area (Å²) in [6, 6.07) is 17.9. The van der Waals surface area contributed by atoms with E-state index >= 15 is 0 Å². The van der Waals surface area contributed by atoms with E-state index in [0.29, 0.717) is 44.4 Å². The number of aromatic nitrogens is 2. The van der Waals surface area contributed by atoms with E-state index in [1.165, 1.54) is 0 Å². The van der Waals surface area contributed by atoms with Gasteiger partial charge in [0.15, 0.2) is 11.5 Å². The van der Waals surface area contributed by atoms with Crippen LogP contribution in [-0.4, -0.2) is 30.1 Å². The molecule has 0 radical (unpaired) electrons. The van der Waals surface area contributed by atoms with Crippen LogP contribution in [0.25, 0.3) is 22.3 Å². The monoisotopic (exact) mass is 447 g/mol. The maximum atomic E-state index is 13.4. The first-order valence-electron chi connectivity index (χ1n) is 10.0. The summed E-state index contributed by atoms with van der Waals surface area (Å²) in [7, 11) is 3.17. The zero-order chi connectivity index (χ0) is 22.7. The van der Waals surface area contributed by atoms with Gasteiger partial charge in [-0.15, -0.1) is 0 Å². The highest BCUT2D eigenvalue weighted by Crippen LogP contribution is 2.31. The van der Waals surface area contributed by atoms with E-state index in [9.17, 15) is 4.79 Å². The fourth-order valence-electron chi connectivity index (χ4n) is 3.51. The lowest BCUT2D eigenvalue weighted by atomic mass is 10.0. The predicted octanol–water partition coefficient (Wildman–Crippen LogP) is 5.46. The molecule has 0 aliphatic carbocycles. The van der Waals surface area contributed by atoms with Gasteiger partial charge in [0.2, 0.25) is 0 Å². The highest BCUT2D eigenvalue weighted by molar-refractivity contribution is 6.31. The SMILES string of the molecule is COc1ccc(C(C)NC(=O)c2cc(-c3ccccn3)nc3ccc(Cl)cc23)cc1OC. The normalized spacial score (nSPS) is 11.8. The first-order chi connectivity index (χ1) is 15.5. The van der Waals surface area contributed by atoms with Gasteiger partial charge in [0.25, 0.3) is 5.91 Å². The lowest BCUT2D eigenvalue weighted by Crippen LogP contribution is -2.27. The van der Waals surface area contributed by atoms with Crippen LogP contribution in [0.15, 0.2) is 66.9 Å². The van der Waals surface area contributed by atoms with Crippen LogP contribution in [0.2, 0.25) is 5.02 Å². The van der Waals surface area contributed by atoms with Crippen LogP contribution in [0.5, 0.6) is 11.5 Å². The highest BCUT2D eigenvalue weighted by Gasteiger charge is 2.18. The van der Waals surface area contributed by atoms with E-state index in [-0.39, 0.29) is 11.9 Å². The van der Waals surface area contributed by atoms with Gasteiger partial charge in [-0.1, -0.05) is 23.7 Å². The minimum atomic E-state index is -0.275. The van der Waals surface area contributed by atoms with Gasteiger partial charge < -0.3 is 14.8 Å². The van der Waals surface area contributed by atoms with Crippen LogP contribution in [0.3, 0.4) is 0 Å². The smallest absolute Gasteiger partial charge is 0.252 e. The molecule has 2 heterocycles. The molecule has 1 N–H and O–H groups in total. The minimum absolute atomic E-state index is 0.237. The van der Waals surface area contributed by atoms with Crippen molar-refractivity contribution in [1.29, 1.82) is 0 Å². The summed E-state index contributed by atoms with van der Waals surface area (Å²) in [6.07, 6.45) is 1.70. The Bertz CT molecular complexity index is 1280. The first kappa shape index (κ1) is 21.6. The van der Waals surface area contributed by atoms with Crippen LogP contribution in [0, 0.1) is 0 Å². The fraction of sp³-hybridized carbons (Fsp3) is 0.160. The molecule has 0 spiro atoms. The second-order valence-electron chi connectivity index (χ2n) is 7.24. The Labute approximate surface area is 191 Å². The summed E-state index contributed by atoms with van der Waals surface area (Å²) >= 11 is 6.22. The number of nitrogens with zero attached hydrogens (tertiary/aromatic N) is 2. The quantitative estimate of drug-likeness (QED) is 0.425. The van der Waals surface area contributed by atoms with Crippen molar-refractivity contribution >= 4 is 28.4 Å². The van der Waals surface area contributed by atoms with E-state index in [1.54, 1.807) is 44.7 Å². The Balaban J connectivity index is 1.72. The van der Waals surface area contributed by atoms with E-state index in [4.69, 9.17) is 21.1 Å². The number of fused-ring (bicyclic) bond motifs is 1. The lowest BCUT2D eigenvalue weighted by Gasteiger charge is -2.17. The molecule has 162 valence electrons. The van der Waals surface area contributed by atoms with Crippen molar-refractivity contribution in [3.8, 4) is 22.9 Å². The molecule has 1 amide bonds. The Morgan fingerprint density at radius 2 is 1.78 bits per heavy atom. The van der Waals surface area contributed by atoms with Gasteiger partial charge >= 0.3 is 0 Å². The van der Waals surface area contributed by atoms with Crippen LogP contribution < -0.4 is 14.8 Å². The molecule has 1 unspecified atom stereocenters. The molecule has 0 aliphatic rings. The summed E-state index contributed by atoms with van der Waals surface area (Å²) in [5.41, 5.74) is 3.33. The molecule has 6 nitrogen and oxygen atoms in total. The molecular weight excluding hydrogens is 426 g/mol. The van der Waals surface area contributed by atoms with Gasteiger partial charge in [-0.05, 0) is 61.0 Å². The number of ether oxygens (including phenoxy) is 2. The highest BCUT2D eigenvalue weighted by atomic mass is 35.5. The van der Waals surface area contributed by atoms with Crippen molar-refractivity contribution in [2.45, 2.75) is 13.0 Å². The third-order valence-corrected chi connectivity index (χ3v) is 5.43. The van der Waals surface area contributed by atoms with E-state index < -0.39 is 0 Å². The number of rotatable bonds is 6. The van der Waals surface area contributed by atoms with Crippen LogP contribution in [0.1, 0.15) is 28.9 Å². The van der Waals surface area contributed by atoms with E-state index in [0.717, 1.165) is 5.56 Å². The standard InChI is InChI=1S/C25H22ClN3O3/c1-15(16-7-10-23(31-2)24(12-16)32-3)28-25(30)19-14-22(21-6-4-5-11-27-21)29-20-9-8-17(26)13-18(19)20/h4-15H,1-3H3,(H,28,30). The molecule has 0 saturated heterocycles. The van der Waals surface area contributed by atoms with Crippen molar-refractivity contribution in [2.24, 2.45) is 0 Å². The lowest BCUT2D eigenvalue weighted by molar-refractivity contribution is 0.0941. The average molecular weight is 448 g/mol. The summed E-state index contributed by atoms with van der Waals surface area (Å²) in [6.45, 7) is 1.91. The van der Waals surface area contributed by atoms with Crippen molar-refractivity contribution in [3.63, 3.8) is 0 Å². The molecule has 7 heteroatoms. The molecule has 2 aromatic heterocycles. The molecule has 0 aliphatic heterocycles. The number of amides is 1. The molecular formula is C25H22ClN3O3. The molecule has 4 rings (SSSR count). The number of carbonyl (C=O) groups is 1. The van der Waals surface area contributed by atoms with Crippen molar-refractivity contribution in [1.82, 2.24) is 15.3 Å². The van der Waals surface area contributed by atoms with Gasteiger partial charge in [0.1, 0.15) is 0 Å². The molecule has 0 saturated carbocycles. The zero-order valence-corrected chi connectivity index (χ0v) is 18.7. The minimum Gasteiger partial charge on any atom is -0.493 e. The number of pyridine rings is 2. The topological polar surface area (TPSA) is 73.3 Å². The zero-order valence-electron chi connectivity index (χ0n) is 17.9. The van der Waals surface area contributed by atoms with Crippen LogP contribution in [-0.2, 0) is 0 Å². The number of methoxy groups -OCH3 is 2. The third-order valence-electron chi connectivity index (χ3n) is 5.20. The van der Waals surface area contributed by atoms with E-state index in [1.807, 2.05) is 43.3 Å². The first-order valence-corrected chi connectivity index (χ1v) is 10.4. The number of hydrogen-bond donors (Lipinski definition) is 1. The van der Waals surface area contributed by atoms with Gasteiger partial charge in [-0.25, -0.2) is 4.98 Å². The molecule has 2 aromatic carbocycles. The molecule has 4 aromatic rings. The Morgan fingerprint density at radius 3 is 2.50 bits per heavy atom. The summed E-state index contributed by atoms with van der Waals surface area (Å²) in [5, 5.41) is 4.27. The Hall–Kier alpha value is -3.64. The fourth-order valence-corrected chi connectivity index (χ4v) is 3.68. The molecule has 32 heavy (non-hydrogen) atoms. The average Bonchev–Trinajstić information content (AvgIpc) is 2.83. The number of benzene rings is 2. The molecule has 0 fully saturated rings. The molecule has 1 atom stereocenters. The summed E-state index contributed by atoms with van der Waals surface area (Å²) in [5.74, 6) is 0.994. The summed E-state index contributed by atoms with van der Waals surface area (Å²) < 4.78 is 10.7. The van der Waals surface area contributed by atoms with Crippen molar-refractivity contribution < 1.29 is 14.3 Å². The maximum absolute atomic E-state index is 13.4. The number of halogens is 1. The van der Waals surface area contributed by atoms with E-state index in [2.05, 4.69) is 15.3 Å². The Morgan fingerprint density at radius 1 is 0.969 bits per heavy atom. The maximum Gasteiger partial charge on any atom is 0.252 e. The largest absolute Gasteiger partial charge is 0.493 e. The second kappa shape index (κ2) is 9.24. The number of nitrogens with one attached hydrogen (secondary N) is 1. The predicted molar refractivity (Wildman–Crippen MR) is 125 cm³/mol. The second-order valence-corrected chi connectivity index (χ2v) is 7.68. The van der Waals surface area contributed by atoms with Gasteiger partial charge in [-0.3, -0.25) is 9.78 Å². The third kappa shape index (κ3) is 4.36. The summed E-state index contributed by atoms with van der Waals surface area (Å²) in [4.78, 5) is 22.4. The van der Waals surface area contributed by atoms with Crippen LogP contribution in [0.4, 0.5) is 0 Å². The number of hydrogen-bond acceptors (Lipinski definition) is 5. The van der Waals surface area contributed by atoms with Gasteiger partial charge in [0, 0.05) is 16.6 Å². The van der Waals surface area contributed by atoms with Crippen molar-refractivity contribution in [3.05, 3.63) is 83.0 Å². The van der Waals surface area contributed by atoms with Crippen molar-refractivity contribution in [2.75, 3.05) is 14.2 Å². The molecule has 0 bridgehead atoms. The Kier molecular flexibility index (Phi) is 6.23. The van der Waals surface area contributed by atoms with Crippen LogP contribution >= 0.6 is 11.6 Å². The number of carbonyl (C=O) groups excluding carboxylic acids is 1.